The number of anilines is 2. The number of nitrogens with one attached hydrogen (secondary N) is 1. The third-order valence-corrected chi connectivity index (χ3v) is 3.75. The van der Waals surface area contributed by atoms with Crippen LogP contribution in [-0.2, 0) is 11.2 Å². The molecule has 0 aliphatic carbocycles. The van der Waals surface area contributed by atoms with E-state index < -0.39 is 0 Å². The van der Waals surface area contributed by atoms with Crippen molar-refractivity contribution in [3.63, 3.8) is 0 Å². The number of aromatic nitrogens is 1. The zero-order valence-corrected chi connectivity index (χ0v) is 11.4. The summed E-state index contributed by atoms with van der Waals surface area (Å²) >= 11 is 0. The van der Waals surface area contributed by atoms with E-state index in [2.05, 4.69) is 22.4 Å². The topological polar surface area (TPSA) is 45.2 Å². The lowest BCUT2D eigenvalue weighted by Gasteiger charge is -2.29. The molecule has 4 heteroatoms. The summed E-state index contributed by atoms with van der Waals surface area (Å²) in [6.07, 6.45) is 4.19. The first-order chi connectivity index (χ1) is 9.75. The number of para-hydroxylation sites is 1. The molecule has 3 rings (SSSR count). The lowest BCUT2D eigenvalue weighted by atomic mass is 9.93. The predicted molar refractivity (Wildman–Crippen MR) is 79.8 cm³/mol. The van der Waals surface area contributed by atoms with E-state index in [1.807, 2.05) is 31.3 Å². The van der Waals surface area contributed by atoms with Crippen LogP contribution in [0.4, 0.5) is 11.4 Å². The molecule has 1 unspecified atom stereocenters. The average molecular weight is 267 g/mol. The molecule has 0 fully saturated rings. The van der Waals surface area contributed by atoms with E-state index in [1.165, 1.54) is 5.56 Å². The van der Waals surface area contributed by atoms with E-state index >= 15 is 0 Å². The number of rotatable bonds is 2. The standard InChI is InChI=1S/C16H17N3O/c1-19(14-6-8-17-9-7-14)16(20)13-10-12-4-2-3-5-15(12)18-11-13/h2-9,13,18H,10-11H2,1H3. The van der Waals surface area contributed by atoms with Crippen LogP contribution in [0, 0.1) is 5.92 Å². The molecule has 1 atom stereocenters. The second-order valence-electron chi connectivity index (χ2n) is 5.04. The largest absolute Gasteiger partial charge is 0.384 e. The summed E-state index contributed by atoms with van der Waals surface area (Å²) in [5.74, 6) is 0.112. The molecule has 0 saturated heterocycles. The minimum atomic E-state index is -0.0249. The molecule has 20 heavy (non-hydrogen) atoms. The summed E-state index contributed by atoms with van der Waals surface area (Å²) in [7, 11) is 1.82. The van der Waals surface area contributed by atoms with Gasteiger partial charge in [0.1, 0.15) is 0 Å². The van der Waals surface area contributed by atoms with Crippen LogP contribution in [0.15, 0.2) is 48.8 Å². The first kappa shape index (κ1) is 12.7. The van der Waals surface area contributed by atoms with Crippen molar-refractivity contribution in [1.29, 1.82) is 0 Å². The normalized spacial score (nSPS) is 16.9. The second kappa shape index (κ2) is 5.33. The van der Waals surface area contributed by atoms with Crippen LogP contribution in [0.1, 0.15) is 5.56 Å². The number of amides is 1. The highest BCUT2D eigenvalue weighted by molar-refractivity contribution is 5.95. The Balaban J connectivity index is 1.76. The van der Waals surface area contributed by atoms with Gasteiger partial charge in [0.05, 0.1) is 5.92 Å². The summed E-state index contributed by atoms with van der Waals surface area (Å²) in [4.78, 5) is 18.3. The van der Waals surface area contributed by atoms with Crippen LogP contribution in [-0.4, -0.2) is 24.5 Å². The fourth-order valence-electron chi connectivity index (χ4n) is 2.58. The van der Waals surface area contributed by atoms with Crippen molar-refractivity contribution < 1.29 is 4.79 Å². The van der Waals surface area contributed by atoms with E-state index in [0.717, 1.165) is 17.8 Å². The van der Waals surface area contributed by atoms with Gasteiger partial charge in [0.15, 0.2) is 0 Å². The Morgan fingerprint density at radius 2 is 2.00 bits per heavy atom. The predicted octanol–water partition coefficient (Wildman–Crippen LogP) is 2.33. The lowest BCUT2D eigenvalue weighted by Crippen LogP contribution is -2.39. The van der Waals surface area contributed by atoms with Crippen LogP contribution >= 0.6 is 0 Å². The molecule has 1 aliphatic rings. The Morgan fingerprint density at radius 3 is 2.80 bits per heavy atom. The zero-order valence-electron chi connectivity index (χ0n) is 11.4. The highest BCUT2D eigenvalue weighted by Crippen LogP contribution is 2.26. The van der Waals surface area contributed by atoms with Crippen LogP contribution in [0.3, 0.4) is 0 Å². The van der Waals surface area contributed by atoms with Gasteiger partial charge in [-0.05, 0) is 30.2 Å². The maximum absolute atomic E-state index is 12.6. The number of hydrogen-bond acceptors (Lipinski definition) is 3. The van der Waals surface area contributed by atoms with Crippen molar-refractivity contribution in [3.8, 4) is 0 Å². The van der Waals surface area contributed by atoms with E-state index in [-0.39, 0.29) is 11.8 Å². The van der Waals surface area contributed by atoms with E-state index in [1.54, 1.807) is 17.3 Å². The van der Waals surface area contributed by atoms with Crippen molar-refractivity contribution >= 4 is 17.3 Å². The number of carbonyl (C=O) groups excluding carboxylic acids is 1. The molecule has 0 radical (unpaired) electrons. The van der Waals surface area contributed by atoms with Crippen LogP contribution < -0.4 is 10.2 Å². The van der Waals surface area contributed by atoms with Gasteiger partial charge in [-0.15, -0.1) is 0 Å². The van der Waals surface area contributed by atoms with Crippen LogP contribution in [0.25, 0.3) is 0 Å². The first-order valence-electron chi connectivity index (χ1n) is 6.75. The van der Waals surface area contributed by atoms with Gasteiger partial charge in [-0.3, -0.25) is 9.78 Å². The Labute approximate surface area is 118 Å². The number of carbonyl (C=O) groups is 1. The van der Waals surface area contributed by atoms with Gasteiger partial charge < -0.3 is 10.2 Å². The maximum Gasteiger partial charge on any atom is 0.231 e. The molecular weight excluding hydrogens is 250 g/mol. The van der Waals surface area contributed by atoms with Gasteiger partial charge >= 0.3 is 0 Å². The molecule has 1 aromatic carbocycles. The third-order valence-electron chi connectivity index (χ3n) is 3.75. The fourth-order valence-corrected chi connectivity index (χ4v) is 2.58. The Bertz CT molecular complexity index is 612. The highest BCUT2D eigenvalue weighted by Gasteiger charge is 2.27. The summed E-state index contributed by atoms with van der Waals surface area (Å²) in [6, 6.07) is 11.9. The lowest BCUT2D eigenvalue weighted by molar-refractivity contribution is -0.121. The molecule has 1 aromatic heterocycles. The number of benzene rings is 1. The van der Waals surface area contributed by atoms with Gasteiger partial charge in [-0.25, -0.2) is 0 Å². The first-order valence-corrected chi connectivity index (χ1v) is 6.75. The van der Waals surface area contributed by atoms with Crippen molar-refractivity contribution in [2.24, 2.45) is 5.92 Å². The molecule has 1 amide bonds. The molecule has 102 valence electrons. The highest BCUT2D eigenvalue weighted by atomic mass is 16.2. The van der Waals surface area contributed by atoms with Crippen LogP contribution in [0.5, 0.6) is 0 Å². The van der Waals surface area contributed by atoms with Crippen molar-refractivity contribution in [2.75, 3.05) is 23.8 Å². The molecule has 2 aromatic rings. The molecule has 4 nitrogen and oxygen atoms in total. The molecular formula is C16H17N3O. The number of hydrogen-bond donors (Lipinski definition) is 1. The Morgan fingerprint density at radius 1 is 1.25 bits per heavy atom. The molecule has 1 N–H and O–H groups in total. The molecule has 0 saturated carbocycles. The number of nitrogens with zero attached hydrogens (tertiary/aromatic N) is 2. The van der Waals surface area contributed by atoms with Crippen molar-refractivity contribution in [2.45, 2.75) is 6.42 Å². The van der Waals surface area contributed by atoms with E-state index in [4.69, 9.17) is 0 Å². The minimum Gasteiger partial charge on any atom is -0.384 e. The number of pyridine rings is 1. The van der Waals surface area contributed by atoms with Gasteiger partial charge in [0, 0.05) is 37.4 Å². The Hall–Kier alpha value is -2.36. The van der Waals surface area contributed by atoms with Gasteiger partial charge in [-0.1, -0.05) is 18.2 Å². The zero-order chi connectivity index (χ0) is 13.9. The summed E-state index contributed by atoms with van der Waals surface area (Å²) < 4.78 is 0. The maximum atomic E-state index is 12.6. The SMILES string of the molecule is CN(C(=O)C1CNc2ccccc2C1)c1ccncc1. The third kappa shape index (κ3) is 2.37. The van der Waals surface area contributed by atoms with Gasteiger partial charge in [-0.2, -0.15) is 0 Å². The average Bonchev–Trinajstić information content (AvgIpc) is 2.54. The van der Waals surface area contributed by atoms with Crippen molar-refractivity contribution in [1.82, 2.24) is 4.98 Å². The summed E-state index contributed by atoms with van der Waals surface area (Å²) in [5, 5.41) is 3.34. The van der Waals surface area contributed by atoms with Gasteiger partial charge in [0.2, 0.25) is 5.91 Å². The monoisotopic (exact) mass is 267 g/mol. The summed E-state index contributed by atoms with van der Waals surface area (Å²) in [5.41, 5.74) is 3.23. The summed E-state index contributed by atoms with van der Waals surface area (Å²) in [6.45, 7) is 0.686. The molecule has 0 bridgehead atoms. The van der Waals surface area contributed by atoms with E-state index in [9.17, 15) is 4.79 Å². The number of fused-ring (bicyclic) bond motifs is 1. The van der Waals surface area contributed by atoms with Gasteiger partial charge in [0.25, 0.3) is 0 Å². The molecule has 2 heterocycles. The Kier molecular flexibility index (Phi) is 3.37. The van der Waals surface area contributed by atoms with E-state index in [0.29, 0.717) is 6.54 Å². The molecule has 1 aliphatic heterocycles. The molecule has 0 spiro atoms. The van der Waals surface area contributed by atoms with Crippen molar-refractivity contribution in [3.05, 3.63) is 54.4 Å². The fraction of sp³-hybridized carbons (Fsp3) is 0.250. The second-order valence-corrected chi connectivity index (χ2v) is 5.04. The quantitative estimate of drug-likeness (QED) is 0.908. The smallest absolute Gasteiger partial charge is 0.231 e. The minimum absolute atomic E-state index is 0.0249. The van der Waals surface area contributed by atoms with Crippen LogP contribution in [0.2, 0.25) is 0 Å².